The van der Waals surface area contributed by atoms with Gasteiger partial charge in [-0.15, -0.1) is 10.2 Å². The number of fused-ring (bicyclic) bond motifs is 1. The van der Waals surface area contributed by atoms with E-state index < -0.39 is 6.09 Å². The Morgan fingerprint density at radius 1 is 1.43 bits per heavy atom. The van der Waals surface area contributed by atoms with E-state index in [-0.39, 0.29) is 12.5 Å². The quantitative estimate of drug-likeness (QED) is 0.934. The first kappa shape index (κ1) is 13.5. The number of hydrogen-bond acceptors (Lipinski definition) is 6. The number of amides is 2. The van der Waals surface area contributed by atoms with E-state index in [9.17, 15) is 9.59 Å². The van der Waals surface area contributed by atoms with Gasteiger partial charge < -0.3 is 4.74 Å². The molecule has 1 aromatic carbocycles. The highest BCUT2D eigenvalue weighted by Crippen LogP contribution is 2.25. The van der Waals surface area contributed by atoms with E-state index in [4.69, 9.17) is 4.74 Å². The van der Waals surface area contributed by atoms with Crippen molar-refractivity contribution in [1.29, 1.82) is 0 Å². The van der Waals surface area contributed by atoms with Gasteiger partial charge in [0.15, 0.2) is 0 Å². The van der Waals surface area contributed by atoms with Gasteiger partial charge in [-0.05, 0) is 13.0 Å². The van der Waals surface area contributed by atoms with Crippen LogP contribution in [0.15, 0.2) is 24.3 Å². The van der Waals surface area contributed by atoms with Crippen molar-refractivity contribution in [3.63, 3.8) is 0 Å². The van der Waals surface area contributed by atoms with Gasteiger partial charge in [0.2, 0.25) is 11.0 Å². The van der Waals surface area contributed by atoms with Gasteiger partial charge in [-0.1, -0.05) is 29.5 Å². The summed E-state index contributed by atoms with van der Waals surface area (Å²) in [6, 6.07) is 7.25. The molecule has 0 fully saturated rings. The lowest BCUT2D eigenvalue weighted by Crippen LogP contribution is -2.41. The lowest BCUT2D eigenvalue weighted by atomic mass is 10.1. The average molecular weight is 304 g/mol. The Labute approximate surface area is 124 Å². The smallest absolute Gasteiger partial charge is 0.410 e. The van der Waals surface area contributed by atoms with Gasteiger partial charge in [0, 0.05) is 5.56 Å². The van der Waals surface area contributed by atoms with Crippen LogP contribution < -0.4 is 10.1 Å². The summed E-state index contributed by atoms with van der Waals surface area (Å²) >= 11 is 1.28. The van der Waals surface area contributed by atoms with Crippen molar-refractivity contribution in [3.05, 3.63) is 34.8 Å². The third-order valence-corrected chi connectivity index (χ3v) is 3.65. The van der Waals surface area contributed by atoms with Crippen molar-refractivity contribution >= 4 is 28.5 Å². The number of hydrogen-bond donors (Lipinski definition) is 1. The minimum Gasteiger partial charge on any atom is -0.410 e. The molecule has 0 bridgehead atoms. The standard InChI is InChI=1S/C13H12N4O3S/c1-8-15-16-12(21-8)14-11(18)7-17-6-9-4-2-3-5-10(9)20-13(17)19/h2-5H,6-7H2,1H3,(H,14,16,18). The highest BCUT2D eigenvalue weighted by molar-refractivity contribution is 7.15. The number of nitrogens with zero attached hydrogens (tertiary/aromatic N) is 3. The van der Waals surface area contributed by atoms with E-state index in [1.54, 1.807) is 19.1 Å². The van der Waals surface area contributed by atoms with Crippen LogP contribution in [-0.2, 0) is 11.3 Å². The van der Waals surface area contributed by atoms with Gasteiger partial charge in [-0.3, -0.25) is 15.0 Å². The van der Waals surface area contributed by atoms with E-state index in [0.29, 0.717) is 17.4 Å². The molecular weight excluding hydrogens is 292 g/mol. The number of carbonyl (C=O) groups excluding carboxylic acids is 2. The number of anilines is 1. The minimum atomic E-state index is -0.530. The molecule has 0 spiro atoms. The molecule has 1 aromatic heterocycles. The summed E-state index contributed by atoms with van der Waals surface area (Å²) in [6.45, 7) is 2.05. The Morgan fingerprint density at radius 3 is 3.00 bits per heavy atom. The summed E-state index contributed by atoms with van der Waals surface area (Å²) in [7, 11) is 0. The molecule has 2 amide bonds. The molecule has 0 aliphatic carbocycles. The first-order valence-electron chi connectivity index (χ1n) is 6.26. The zero-order valence-electron chi connectivity index (χ0n) is 11.2. The second kappa shape index (κ2) is 5.49. The molecule has 21 heavy (non-hydrogen) atoms. The molecule has 0 atom stereocenters. The van der Waals surface area contributed by atoms with Gasteiger partial charge in [-0.25, -0.2) is 4.79 Å². The fraction of sp³-hybridized carbons (Fsp3) is 0.231. The van der Waals surface area contributed by atoms with Crippen molar-refractivity contribution in [2.75, 3.05) is 11.9 Å². The minimum absolute atomic E-state index is 0.0915. The molecule has 108 valence electrons. The highest BCUT2D eigenvalue weighted by Gasteiger charge is 2.26. The van der Waals surface area contributed by atoms with E-state index in [0.717, 1.165) is 10.6 Å². The molecule has 0 unspecified atom stereocenters. The number of ether oxygens (including phenoxy) is 1. The van der Waals surface area contributed by atoms with E-state index in [1.165, 1.54) is 16.2 Å². The topological polar surface area (TPSA) is 84.4 Å². The van der Waals surface area contributed by atoms with Crippen molar-refractivity contribution in [1.82, 2.24) is 15.1 Å². The number of aryl methyl sites for hydroxylation is 1. The summed E-state index contributed by atoms with van der Waals surface area (Å²) in [5.74, 6) is 0.210. The van der Waals surface area contributed by atoms with Crippen LogP contribution in [0.5, 0.6) is 5.75 Å². The number of para-hydroxylation sites is 1. The van der Waals surface area contributed by atoms with Crippen molar-refractivity contribution < 1.29 is 14.3 Å². The number of rotatable bonds is 3. The summed E-state index contributed by atoms with van der Waals surface area (Å²) in [5, 5.41) is 11.4. The van der Waals surface area contributed by atoms with E-state index in [2.05, 4.69) is 15.5 Å². The zero-order valence-corrected chi connectivity index (χ0v) is 12.0. The number of carbonyl (C=O) groups is 2. The van der Waals surface area contributed by atoms with Crippen LogP contribution in [0.2, 0.25) is 0 Å². The second-order valence-electron chi connectivity index (χ2n) is 4.51. The maximum atomic E-state index is 11.9. The van der Waals surface area contributed by atoms with Crippen LogP contribution in [0.3, 0.4) is 0 Å². The van der Waals surface area contributed by atoms with E-state index >= 15 is 0 Å². The maximum absolute atomic E-state index is 11.9. The molecule has 1 aliphatic heterocycles. The third-order valence-electron chi connectivity index (χ3n) is 2.90. The third kappa shape index (κ3) is 3.00. The van der Waals surface area contributed by atoms with Crippen LogP contribution >= 0.6 is 11.3 Å². The van der Waals surface area contributed by atoms with Crippen LogP contribution in [0.25, 0.3) is 0 Å². The normalized spacial score (nSPS) is 13.6. The SMILES string of the molecule is Cc1nnc(NC(=O)CN2Cc3ccccc3OC2=O)s1. The first-order chi connectivity index (χ1) is 10.1. The van der Waals surface area contributed by atoms with Crippen molar-refractivity contribution in [2.45, 2.75) is 13.5 Å². The highest BCUT2D eigenvalue weighted by atomic mass is 32.1. The largest absolute Gasteiger partial charge is 0.416 e. The average Bonchev–Trinajstić information content (AvgIpc) is 2.85. The lowest BCUT2D eigenvalue weighted by molar-refractivity contribution is -0.117. The Balaban J connectivity index is 1.65. The van der Waals surface area contributed by atoms with Crippen LogP contribution in [0, 0.1) is 6.92 Å². The molecule has 0 saturated carbocycles. The van der Waals surface area contributed by atoms with Gasteiger partial charge in [-0.2, -0.15) is 0 Å². The summed E-state index contributed by atoms with van der Waals surface area (Å²) in [6.07, 6.45) is -0.530. The summed E-state index contributed by atoms with van der Waals surface area (Å²) in [5.41, 5.74) is 0.872. The first-order valence-corrected chi connectivity index (χ1v) is 7.08. The number of nitrogens with one attached hydrogen (secondary N) is 1. The Hall–Kier alpha value is -2.48. The fourth-order valence-electron chi connectivity index (χ4n) is 1.96. The van der Waals surface area contributed by atoms with Crippen molar-refractivity contribution in [3.8, 4) is 5.75 Å². The molecule has 7 nitrogen and oxygen atoms in total. The molecular formula is C13H12N4O3S. The van der Waals surface area contributed by atoms with Gasteiger partial charge >= 0.3 is 6.09 Å². The molecule has 1 aliphatic rings. The second-order valence-corrected chi connectivity index (χ2v) is 5.69. The summed E-state index contributed by atoms with van der Waals surface area (Å²) in [4.78, 5) is 25.1. The molecule has 0 radical (unpaired) electrons. The number of benzene rings is 1. The Kier molecular flexibility index (Phi) is 3.53. The molecule has 2 aromatic rings. The lowest BCUT2D eigenvalue weighted by Gasteiger charge is -2.27. The monoisotopic (exact) mass is 304 g/mol. The van der Waals surface area contributed by atoms with Crippen LogP contribution in [-0.4, -0.2) is 33.6 Å². The molecule has 0 saturated heterocycles. The van der Waals surface area contributed by atoms with Gasteiger partial charge in [0.1, 0.15) is 17.3 Å². The number of aromatic nitrogens is 2. The molecule has 8 heteroatoms. The van der Waals surface area contributed by atoms with Crippen LogP contribution in [0.1, 0.15) is 10.6 Å². The maximum Gasteiger partial charge on any atom is 0.416 e. The molecule has 1 N–H and O–H groups in total. The molecule has 2 heterocycles. The van der Waals surface area contributed by atoms with Gasteiger partial charge in [0.25, 0.3) is 0 Å². The zero-order chi connectivity index (χ0) is 14.8. The molecule has 3 rings (SSSR count). The predicted molar refractivity (Wildman–Crippen MR) is 76.2 cm³/mol. The van der Waals surface area contributed by atoms with E-state index in [1.807, 2.05) is 12.1 Å². The summed E-state index contributed by atoms with van der Waals surface area (Å²) < 4.78 is 5.18. The Morgan fingerprint density at radius 2 is 2.24 bits per heavy atom. The fourth-order valence-corrected chi connectivity index (χ4v) is 2.57. The Bertz CT molecular complexity index is 700. The van der Waals surface area contributed by atoms with Crippen LogP contribution in [0.4, 0.5) is 9.93 Å². The predicted octanol–water partition coefficient (Wildman–Crippen LogP) is 1.80. The van der Waals surface area contributed by atoms with Gasteiger partial charge in [0.05, 0.1) is 6.54 Å². The van der Waals surface area contributed by atoms with Crippen molar-refractivity contribution in [2.24, 2.45) is 0 Å².